The van der Waals surface area contributed by atoms with Crippen molar-refractivity contribution in [2.24, 2.45) is 0 Å². The molecule has 2 aliphatic heterocycles. The lowest BCUT2D eigenvalue weighted by Crippen LogP contribution is -2.60. The van der Waals surface area contributed by atoms with Crippen LogP contribution in [-0.4, -0.2) is 111 Å². The molecule has 2 fully saturated rings. The van der Waals surface area contributed by atoms with Crippen molar-refractivity contribution in [2.75, 3.05) is 13.2 Å². The Labute approximate surface area is 222 Å². The number of aliphatic hydroxyl groups is 5. The van der Waals surface area contributed by atoms with Gasteiger partial charge in [0.25, 0.3) is 5.56 Å². The van der Waals surface area contributed by atoms with Crippen molar-refractivity contribution in [1.82, 2.24) is 14.9 Å². The normalized spacial score (nSPS) is 36.2. The van der Waals surface area contributed by atoms with Crippen LogP contribution in [0, 0.1) is 0 Å². The van der Waals surface area contributed by atoms with Crippen LogP contribution in [0.25, 0.3) is 0 Å². The second-order valence-corrected chi connectivity index (χ2v) is 12.8. The predicted octanol–water partition coefficient (Wildman–Crippen LogP) is -3.93. The number of hydrogen-bond donors (Lipinski definition) is 9. The van der Waals surface area contributed by atoms with E-state index in [1.54, 1.807) is 0 Å². The molecule has 11 atom stereocenters. The smallest absolute Gasteiger partial charge is 0.395 e. The number of carbonyl (C=O) groups excluding carboxylic acids is 1. The van der Waals surface area contributed by atoms with Crippen LogP contribution < -0.4 is 16.6 Å². The molecule has 0 aliphatic carbocycles. The number of rotatable bonds is 10. The van der Waals surface area contributed by atoms with Crippen molar-refractivity contribution in [1.29, 1.82) is 0 Å². The van der Waals surface area contributed by atoms with Crippen LogP contribution in [0.4, 0.5) is 0 Å². The van der Waals surface area contributed by atoms with Crippen LogP contribution in [0.15, 0.2) is 21.9 Å². The topological polar surface area (TPSA) is 297 Å². The zero-order chi connectivity index (χ0) is 29.3. The lowest BCUT2D eigenvalue weighted by atomic mass is 10.0. The highest BCUT2D eigenvalue weighted by molar-refractivity contribution is 8.00. The number of nitrogens with one attached hydrogen (secondary N) is 2. The molecule has 0 bridgehead atoms. The summed E-state index contributed by atoms with van der Waals surface area (Å²) < 4.78 is 44.5. The highest BCUT2D eigenvalue weighted by atomic mass is 32.2. The molecular formula is C17H27N3O16P2S. The largest absolute Gasteiger partial charge is 0.482 e. The molecule has 1 aromatic heterocycles. The van der Waals surface area contributed by atoms with Gasteiger partial charge >= 0.3 is 21.3 Å². The third-order valence-corrected chi connectivity index (χ3v) is 9.76. The Kier molecular flexibility index (Phi) is 10.3. The minimum atomic E-state index is -5.52. The highest BCUT2D eigenvalue weighted by Crippen LogP contribution is 2.62. The number of carbonyl (C=O) groups is 1. The molecule has 0 radical (unpaired) electrons. The van der Waals surface area contributed by atoms with E-state index in [-0.39, 0.29) is 0 Å². The number of phosphoric acid groups is 2. The average Bonchev–Trinajstić information content (AvgIpc) is 3.10. The highest BCUT2D eigenvalue weighted by Gasteiger charge is 2.50. The van der Waals surface area contributed by atoms with Crippen molar-refractivity contribution < 1.29 is 67.3 Å². The van der Waals surface area contributed by atoms with Gasteiger partial charge in [-0.15, -0.1) is 11.8 Å². The molecule has 9 N–H and O–H groups in total. The van der Waals surface area contributed by atoms with E-state index in [9.17, 15) is 58.8 Å². The first-order valence-electron chi connectivity index (χ1n) is 11.0. The van der Waals surface area contributed by atoms with Gasteiger partial charge in [0.05, 0.1) is 30.6 Å². The Morgan fingerprint density at radius 2 is 1.79 bits per heavy atom. The number of hydrogen-bond acceptors (Lipinski definition) is 15. The fraction of sp³-hybridized carbons (Fsp3) is 0.706. The zero-order valence-electron chi connectivity index (χ0n) is 19.8. The van der Waals surface area contributed by atoms with Crippen molar-refractivity contribution in [2.45, 2.75) is 60.4 Å². The summed E-state index contributed by atoms with van der Waals surface area (Å²) in [5, 5.41) is 51.2. The van der Waals surface area contributed by atoms with E-state index in [2.05, 4.69) is 14.2 Å². The maximum absolute atomic E-state index is 12.5. The molecule has 1 amide bonds. The van der Waals surface area contributed by atoms with Crippen molar-refractivity contribution in [3.63, 3.8) is 0 Å². The average molecular weight is 623 g/mol. The Morgan fingerprint density at radius 1 is 1.13 bits per heavy atom. The van der Waals surface area contributed by atoms with Gasteiger partial charge in [-0.05, 0) is 0 Å². The zero-order valence-corrected chi connectivity index (χ0v) is 22.4. The predicted molar refractivity (Wildman–Crippen MR) is 127 cm³/mol. The molecule has 39 heavy (non-hydrogen) atoms. The second kappa shape index (κ2) is 12.6. The molecule has 0 spiro atoms. The Bertz CT molecular complexity index is 1240. The minimum Gasteiger partial charge on any atom is -0.395 e. The molecule has 19 nitrogen and oxygen atoms in total. The number of nitrogens with zero attached hydrogens (tertiary/aromatic N) is 1. The molecule has 3 rings (SSSR count). The summed E-state index contributed by atoms with van der Waals surface area (Å²) in [6.07, 6.45) is -9.03. The summed E-state index contributed by atoms with van der Waals surface area (Å²) in [6, 6.07) is -0.573. The number of aromatic amines is 1. The molecule has 0 aromatic carbocycles. The van der Waals surface area contributed by atoms with Crippen molar-refractivity contribution in [3.05, 3.63) is 33.1 Å². The van der Waals surface area contributed by atoms with Gasteiger partial charge < -0.3 is 45.4 Å². The van der Waals surface area contributed by atoms with Crippen LogP contribution in [0.5, 0.6) is 0 Å². The van der Waals surface area contributed by atoms with Gasteiger partial charge in [-0.25, -0.2) is 13.9 Å². The summed E-state index contributed by atoms with van der Waals surface area (Å²) in [4.78, 5) is 56.6. The van der Waals surface area contributed by atoms with E-state index in [4.69, 9.17) is 9.26 Å². The molecule has 0 saturated carbocycles. The third-order valence-electron chi connectivity index (χ3n) is 5.56. The van der Waals surface area contributed by atoms with Gasteiger partial charge in [0.2, 0.25) is 5.91 Å². The lowest BCUT2D eigenvalue weighted by Gasteiger charge is -2.41. The monoisotopic (exact) mass is 623 g/mol. The van der Waals surface area contributed by atoms with Crippen LogP contribution in [0.1, 0.15) is 13.2 Å². The van der Waals surface area contributed by atoms with Gasteiger partial charge in [0.15, 0.2) is 6.23 Å². The number of ether oxygens (including phenoxy) is 1. The summed E-state index contributed by atoms with van der Waals surface area (Å²) in [5.74, 6) is -0.729. The second-order valence-electron chi connectivity index (χ2n) is 8.42. The van der Waals surface area contributed by atoms with E-state index < -0.39 is 99.5 Å². The molecule has 222 valence electrons. The SMILES string of the molecule is CC(=O)N[C@H]1C(OP(=O)(O)OP(=O)(O)OC[C@H]2O[C@@H](n3ccc(=O)[nH]c3=O)[C@H](O)[C@@H]2O)SC(CO)C(O)C1O. The van der Waals surface area contributed by atoms with Crippen LogP contribution in [0.3, 0.4) is 0 Å². The summed E-state index contributed by atoms with van der Waals surface area (Å²) in [7, 11) is -11.0. The quantitative estimate of drug-likeness (QED) is 0.112. The van der Waals surface area contributed by atoms with Crippen LogP contribution in [0.2, 0.25) is 0 Å². The van der Waals surface area contributed by atoms with E-state index >= 15 is 0 Å². The maximum Gasteiger partial charge on any atom is 0.482 e. The summed E-state index contributed by atoms with van der Waals surface area (Å²) in [5.41, 5.74) is -3.40. The standard InChI is InChI=1S/C17H27N3O16P2S/c1-6(22)18-10-13(26)12(25)8(4-21)39-16(10)35-38(31,32)36-37(29,30)33-5-7-11(24)14(27)15(34-7)20-3-2-9(23)19-17(20)28/h2-3,7-8,10-16,21,24-27H,4-5H2,1H3,(H,18,22)(H,29,30)(H,31,32)(H,19,23,28)/t7-,8?,10-,11-,12?,13?,14-,15-,16?/m1/s1. The Morgan fingerprint density at radius 3 is 2.38 bits per heavy atom. The van der Waals surface area contributed by atoms with Gasteiger partial charge in [-0.1, -0.05) is 0 Å². The van der Waals surface area contributed by atoms with Gasteiger partial charge in [-0.2, -0.15) is 4.31 Å². The fourth-order valence-electron chi connectivity index (χ4n) is 3.76. The van der Waals surface area contributed by atoms with Gasteiger partial charge in [0, 0.05) is 19.2 Å². The van der Waals surface area contributed by atoms with Crippen molar-refractivity contribution >= 4 is 33.3 Å². The van der Waals surface area contributed by atoms with E-state index in [0.29, 0.717) is 11.8 Å². The third kappa shape index (κ3) is 7.84. The van der Waals surface area contributed by atoms with Crippen LogP contribution in [-0.2, 0) is 32.0 Å². The van der Waals surface area contributed by atoms with E-state index in [1.165, 1.54) is 0 Å². The number of H-pyrrole nitrogens is 1. The molecule has 22 heteroatoms. The lowest BCUT2D eigenvalue weighted by molar-refractivity contribution is -0.122. The first kappa shape index (κ1) is 32.0. The fourth-order valence-corrected chi connectivity index (χ4v) is 7.55. The Hall–Kier alpha value is -1.48. The first-order chi connectivity index (χ1) is 18.0. The summed E-state index contributed by atoms with van der Waals surface area (Å²) in [6.45, 7) is -0.682. The molecule has 2 aliphatic rings. The molecule has 2 saturated heterocycles. The number of phosphoric ester groups is 2. The van der Waals surface area contributed by atoms with Gasteiger partial charge in [0.1, 0.15) is 29.9 Å². The molecule has 1 aromatic rings. The van der Waals surface area contributed by atoms with Gasteiger partial charge in [-0.3, -0.25) is 28.2 Å². The maximum atomic E-state index is 12.5. The van der Waals surface area contributed by atoms with E-state index in [0.717, 1.165) is 23.8 Å². The van der Waals surface area contributed by atoms with E-state index in [1.807, 2.05) is 4.98 Å². The van der Waals surface area contributed by atoms with Crippen LogP contribution >= 0.6 is 27.4 Å². The summed E-state index contributed by atoms with van der Waals surface area (Å²) >= 11 is 0.529. The van der Waals surface area contributed by atoms with Crippen molar-refractivity contribution in [3.8, 4) is 0 Å². The number of aliphatic hydroxyl groups excluding tert-OH is 5. The first-order valence-corrected chi connectivity index (χ1v) is 14.9. The number of thioether (sulfide) groups is 1. The number of aromatic nitrogens is 2. The minimum absolute atomic E-state index is 0.529. The number of amides is 1. The molecular weight excluding hydrogens is 596 g/mol. The molecule has 3 heterocycles. The molecule has 6 unspecified atom stereocenters. The Balaban J connectivity index is 1.66.